The normalized spacial score (nSPS) is 30.8. The van der Waals surface area contributed by atoms with E-state index in [2.05, 4.69) is 31.3 Å². The molecule has 0 aromatic carbocycles. The Kier molecular flexibility index (Phi) is 5.71. The van der Waals surface area contributed by atoms with Gasteiger partial charge in [-0.05, 0) is 6.92 Å². The minimum Gasteiger partial charge on any atom is -0.412 e. The van der Waals surface area contributed by atoms with Crippen LogP contribution in [0.5, 0.6) is 0 Å². The average Bonchev–Trinajstić information content (AvgIpc) is 1.94. The molecule has 0 saturated carbocycles. The van der Waals surface area contributed by atoms with Crippen molar-refractivity contribution in [2.24, 2.45) is 5.92 Å². The molecule has 1 aliphatic rings. The van der Waals surface area contributed by atoms with Crippen LogP contribution in [0.3, 0.4) is 0 Å². The van der Waals surface area contributed by atoms with Gasteiger partial charge in [0.2, 0.25) is 0 Å². The van der Waals surface area contributed by atoms with Crippen LogP contribution in [-0.2, 0) is 12.6 Å². The maximum atomic E-state index is 4.85. The van der Waals surface area contributed by atoms with Crippen LogP contribution in [0.4, 0.5) is 0 Å². The Hall–Kier alpha value is 0.590. The van der Waals surface area contributed by atoms with E-state index in [-0.39, 0.29) is 35.1 Å². The van der Waals surface area contributed by atoms with Crippen molar-refractivity contribution in [3.8, 4) is 0 Å². The van der Waals surface area contributed by atoms with Crippen molar-refractivity contribution in [1.82, 2.24) is 5.32 Å². The monoisotopic (exact) mass is 221 g/mol. The van der Waals surface area contributed by atoms with Crippen molar-refractivity contribution in [2.75, 3.05) is 0 Å². The summed E-state index contributed by atoms with van der Waals surface area (Å²) >= 11 is 9.69. The van der Waals surface area contributed by atoms with Crippen molar-refractivity contribution >= 4 is 29.2 Å². The van der Waals surface area contributed by atoms with Crippen LogP contribution in [0.25, 0.3) is 0 Å². The molecule has 0 bridgehead atoms. The Morgan fingerprint density at radius 1 is 1.54 bits per heavy atom. The summed E-state index contributed by atoms with van der Waals surface area (Å²) in [6, 6.07) is 0. The summed E-state index contributed by atoms with van der Waals surface area (Å²) in [4.78, 5) is 0. The van der Waals surface area contributed by atoms with Gasteiger partial charge in [0.15, 0.2) is 0 Å². The van der Waals surface area contributed by atoms with Crippen LogP contribution in [0.15, 0.2) is 24.3 Å². The zero-order valence-electron chi connectivity index (χ0n) is 8.20. The molecule has 0 aromatic heterocycles. The molecular formula is C9H12NNaS2. The van der Waals surface area contributed by atoms with Gasteiger partial charge >= 0.3 is 29.6 Å². The molecular weight excluding hydrogens is 209 g/mol. The maximum Gasteiger partial charge on any atom is 1.00 e. The van der Waals surface area contributed by atoms with Crippen molar-refractivity contribution < 1.29 is 29.6 Å². The Morgan fingerprint density at radius 3 is 2.62 bits per heavy atom. The van der Waals surface area contributed by atoms with Gasteiger partial charge < -0.3 is 30.2 Å². The van der Waals surface area contributed by atoms with Crippen molar-refractivity contribution in [3.05, 3.63) is 24.3 Å². The molecule has 1 aliphatic carbocycles. The molecule has 0 amide bonds. The van der Waals surface area contributed by atoms with Crippen LogP contribution < -0.4 is 34.9 Å². The van der Waals surface area contributed by atoms with Gasteiger partial charge in [0.25, 0.3) is 0 Å². The second kappa shape index (κ2) is 5.47. The predicted molar refractivity (Wildman–Crippen MR) is 58.9 cm³/mol. The largest absolute Gasteiger partial charge is 1.00 e. The zero-order chi connectivity index (χ0) is 9.19. The summed E-state index contributed by atoms with van der Waals surface area (Å²) < 4.78 is 0.435. The Bertz CT molecular complexity index is 250. The molecule has 1 rings (SSSR count). The summed E-state index contributed by atoms with van der Waals surface area (Å²) in [5.74, 6) is 0.420. The van der Waals surface area contributed by atoms with Crippen molar-refractivity contribution in [2.45, 2.75) is 19.4 Å². The summed E-state index contributed by atoms with van der Waals surface area (Å²) in [5, 5.41) is 3.12. The standard InChI is InChI=1S/C9H13NS2.Na/c1-7-5-3-4-6-9(7,2)10-8(11)12;/h3-7H,1-2H3,(H2,10,11,12);/q;+1/p-1. The third-order valence-corrected chi connectivity index (χ3v) is 2.47. The third kappa shape index (κ3) is 3.68. The molecule has 0 heterocycles. The maximum absolute atomic E-state index is 4.85. The first-order valence-electron chi connectivity index (χ1n) is 3.90. The van der Waals surface area contributed by atoms with Crippen LogP contribution >= 0.6 is 12.2 Å². The Morgan fingerprint density at radius 2 is 2.15 bits per heavy atom. The molecule has 0 fully saturated rings. The minimum absolute atomic E-state index is 0. The van der Waals surface area contributed by atoms with E-state index in [1.54, 1.807) is 0 Å². The van der Waals surface area contributed by atoms with Crippen LogP contribution in [-0.4, -0.2) is 9.86 Å². The Balaban J connectivity index is 0.00000144. The molecule has 0 radical (unpaired) electrons. The first-order valence-corrected chi connectivity index (χ1v) is 4.71. The molecule has 13 heavy (non-hydrogen) atoms. The predicted octanol–water partition coefficient (Wildman–Crippen LogP) is -1.07. The van der Waals surface area contributed by atoms with Gasteiger partial charge in [-0.3, -0.25) is 0 Å². The summed E-state index contributed by atoms with van der Waals surface area (Å²) in [6.45, 7) is 4.23. The second-order valence-corrected chi connectivity index (χ2v) is 4.30. The van der Waals surface area contributed by atoms with Gasteiger partial charge in [0.1, 0.15) is 0 Å². The SMILES string of the molecule is CC1C=CC=CC1(C)NC(=S)[S-].[Na+]. The smallest absolute Gasteiger partial charge is 0.412 e. The number of nitrogens with one attached hydrogen (secondary N) is 1. The average molecular weight is 221 g/mol. The van der Waals surface area contributed by atoms with E-state index in [4.69, 9.17) is 24.8 Å². The molecule has 2 atom stereocenters. The zero-order valence-corrected chi connectivity index (χ0v) is 11.8. The van der Waals surface area contributed by atoms with E-state index in [1.165, 1.54) is 0 Å². The van der Waals surface area contributed by atoms with Gasteiger partial charge in [-0.2, -0.15) is 0 Å². The fourth-order valence-corrected chi connectivity index (χ4v) is 1.65. The van der Waals surface area contributed by atoms with Crippen LogP contribution in [0, 0.1) is 5.92 Å². The van der Waals surface area contributed by atoms with Gasteiger partial charge in [-0.25, -0.2) is 0 Å². The fourth-order valence-electron chi connectivity index (χ4n) is 1.21. The third-order valence-electron chi connectivity index (χ3n) is 2.27. The quantitative estimate of drug-likeness (QED) is 0.344. The first-order chi connectivity index (χ1) is 5.54. The molecule has 66 valence electrons. The fraction of sp³-hybridized carbons (Fsp3) is 0.444. The summed E-state index contributed by atoms with van der Waals surface area (Å²) in [6.07, 6.45) is 8.29. The van der Waals surface area contributed by atoms with Crippen molar-refractivity contribution in [3.63, 3.8) is 0 Å². The summed E-state index contributed by atoms with van der Waals surface area (Å²) in [5.41, 5.74) is -0.104. The van der Waals surface area contributed by atoms with Gasteiger partial charge in [0.05, 0.1) is 5.54 Å². The molecule has 1 N–H and O–H groups in total. The molecule has 0 aromatic rings. The van der Waals surface area contributed by atoms with E-state index in [0.29, 0.717) is 10.2 Å². The number of hydrogen-bond acceptors (Lipinski definition) is 2. The van der Waals surface area contributed by atoms with Crippen LogP contribution in [0.1, 0.15) is 13.8 Å². The van der Waals surface area contributed by atoms with Gasteiger partial charge in [0, 0.05) is 5.92 Å². The van der Waals surface area contributed by atoms with Gasteiger partial charge in [-0.15, -0.1) is 0 Å². The van der Waals surface area contributed by atoms with E-state index in [1.807, 2.05) is 12.2 Å². The van der Waals surface area contributed by atoms with E-state index in [0.717, 1.165) is 0 Å². The topological polar surface area (TPSA) is 12.0 Å². The number of allylic oxidation sites excluding steroid dienone is 2. The number of rotatable bonds is 1. The van der Waals surface area contributed by atoms with E-state index >= 15 is 0 Å². The minimum atomic E-state index is -0.104. The van der Waals surface area contributed by atoms with Crippen molar-refractivity contribution in [1.29, 1.82) is 0 Å². The first kappa shape index (κ1) is 13.6. The molecule has 0 spiro atoms. The van der Waals surface area contributed by atoms with Crippen LogP contribution in [0.2, 0.25) is 0 Å². The number of hydrogen-bond donors (Lipinski definition) is 1. The number of thiocarbonyl (C=S) groups is 1. The van der Waals surface area contributed by atoms with Gasteiger partial charge in [-0.1, -0.05) is 35.5 Å². The van der Waals surface area contributed by atoms with E-state index in [9.17, 15) is 0 Å². The molecule has 1 nitrogen and oxygen atoms in total. The summed E-state index contributed by atoms with van der Waals surface area (Å²) in [7, 11) is 0. The molecule has 2 unspecified atom stereocenters. The van der Waals surface area contributed by atoms with E-state index < -0.39 is 0 Å². The second-order valence-electron chi connectivity index (χ2n) is 3.23. The molecule has 0 aliphatic heterocycles. The molecule has 4 heteroatoms. The Labute approximate surface area is 113 Å². The molecule has 0 saturated heterocycles.